The van der Waals surface area contributed by atoms with Crippen LogP contribution >= 0.6 is 0 Å². The van der Waals surface area contributed by atoms with Crippen molar-refractivity contribution in [3.63, 3.8) is 0 Å². The molecule has 23 heavy (non-hydrogen) atoms. The summed E-state index contributed by atoms with van der Waals surface area (Å²) in [5.41, 5.74) is 1.41. The van der Waals surface area contributed by atoms with Crippen molar-refractivity contribution in [3.8, 4) is 0 Å². The molecule has 0 aliphatic heterocycles. The number of benzene rings is 1. The summed E-state index contributed by atoms with van der Waals surface area (Å²) in [6.07, 6.45) is 1.14. The summed E-state index contributed by atoms with van der Waals surface area (Å²) < 4.78 is 29.7. The average molecular weight is 353 g/mol. The van der Waals surface area contributed by atoms with E-state index in [0.29, 0.717) is 0 Å². The second-order valence-electron chi connectivity index (χ2n) is 3.58. The Hall–Kier alpha value is -1.32. The molecule has 0 radical (unpaired) electrons. The lowest BCUT2D eigenvalue weighted by molar-refractivity contribution is -0.115. The second kappa shape index (κ2) is 23.0. The van der Waals surface area contributed by atoms with Crippen molar-refractivity contribution in [2.75, 3.05) is 14.2 Å². The number of carbonyl (C=O) groups is 1. The van der Waals surface area contributed by atoms with Crippen LogP contribution in [0.5, 0.6) is 0 Å². The summed E-state index contributed by atoms with van der Waals surface area (Å²) >= 11 is 0. The number of hydrogen-bond donors (Lipinski definition) is 2. The lowest BCUT2D eigenvalue weighted by Crippen LogP contribution is -1.96. The van der Waals surface area contributed by atoms with E-state index in [0.717, 1.165) is 13.5 Å². The molecule has 0 saturated carbocycles. The van der Waals surface area contributed by atoms with E-state index in [9.17, 15) is 13.2 Å². The molecule has 0 aromatic heterocycles. The molecule has 1 aromatic carbocycles. The Morgan fingerprint density at radius 2 is 1.39 bits per heavy atom. The largest absolute Gasteiger partial charge is 0.397 e. The van der Waals surface area contributed by atoms with Crippen molar-refractivity contribution in [2.24, 2.45) is 5.90 Å². The highest BCUT2D eigenvalue weighted by molar-refractivity contribution is 7.80. The maximum absolute atomic E-state index is 9.44. The molecule has 0 fully saturated rings. The summed E-state index contributed by atoms with van der Waals surface area (Å²) in [5.74, 6) is 4.51. The monoisotopic (exact) mass is 353 g/mol. The Kier molecular flexibility index (Phi) is 29.6. The fourth-order valence-corrected chi connectivity index (χ4v) is 0.714. The summed E-state index contributed by atoms with van der Waals surface area (Å²) in [6, 6.07) is 10.5. The minimum atomic E-state index is -4.16. The third-order valence-electron chi connectivity index (χ3n) is 1.46. The molecule has 0 amide bonds. The van der Waals surface area contributed by atoms with E-state index in [1.807, 2.05) is 19.9 Å². The van der Waals surface area contributed by atoms with Crippen LogP contribution in [-0.4, -0.2) is 33.0 Å². The summed E-state index contributed by atoms with van der Waals surface area (Å²) in [4.78, 5) is 13.2. The van der Waals surface area contributed by atoms with Gasteiger partial charge in [-0.3, -0.25) is 8.74 Å². The number of nitrogens with two attached hydrogens (primary N) is 1. The number of hydrogen-bond acceptors (Lipinski definition) is 6. The van der Waals surface area contributed by atoms with Crippen LogP contribution < -0.4 is 5.90 Å². The van der Waals surface area contributed by atoms with E-state index >= 15 is 0 Å². The summed E-state index contributed by atoms with van der Waals surface area (Å²) in [6.45, 7) is 9.22. The molecule has 0 spiro atoms. The molecule has 0 unspecified atom stereocenters. The maximum atomic E-state index is 9.44. The van der Waals surface area contributed by atoms with E-state index in [1.165, 1.54) is 26.5 Å². The van der Waals surface area contributed by atoms with Crippen LogP contribution in [0.4, 0.5) is 0 Å². The summed E-state index contributed by atoms with van der Waals surface area (Å²) in [7, 11) is -1.89. The molecule has 0 aliphatic rings. The molecule has 0 atom stereocenters. The van der Waals surface area contributed by atoms with Crippen LogP contribution in [0.3, 0.4) is 0 Å². The zero-order chi connectivity index (χ0) is 19.3. The Labute approximate surface area is 140 Å². The van der Waals surface area contributed by atoms with E-state index in [1.54, 1.807) is 0 Å². The van der Waals surface area contributed by atoms with Gasteiger partial charge < -0.3 is 9.63 Å². The van der Waals surface area contributed by atoms with Crippen LogP contribution in [0.2, 0.25) is 0 Å². The van der Waals surface area contributed by atoms with Crippen LogP contribution in [0.25, 0.3) is 0 Å². The van der Waals surface area contributed by atoms with Crippen LogP contribution in [0.1, 0.15) is 40.2 Å². The van der Waals surface area contributed by atoms with Crippen molar-refractivity contribution in [3.05, 3.63) is 35.9 Å². The van der Waals surface area contributed by atoms with E-state index in [-0.39, 0.29) is 5.78 Å². The zero-order valence-electron chi connectivity index (χ0n) is 15.1. The normalized spacial score (nSPS) is 8.39. The molecule has 1 aromatic rings. The number of rotatable bonds is 2. The Balaban J connectivity index is -0.000000108. The Morgan fingerprint density at radius 3 is 1.52 bits per heavy atom. The Bertz CT molecular complexity index is 431. The first-order chi connectivity index (χ1) is 10.6. The van der Waals surface area contributed by atoms with Gasteiger partial charge in [0.15, 0.2) is 0 Å². The molecule has 3 N–H and O–H groups in total. The highest BCUT2D eigenvalue weighted by Gasteiger charge is 1.94. The van der Waals surface area contributed by atoms with Crippen molar-refractivity contribution in [1.29, 1.82) is 0 Å². The number of aryl methyl sites for hydroxylation is 1. The molecule has 0 saturated heterocycles. The van der Waals surface area contributed by atoms with Gasteiger partial charge in [0.05, 0.1) is 14.2 Å². The first-order valence-electron chi connectivity index (χ1n) is 6.91. The van der Waals surface area contributed by atoms with Crippen LogP contribution in [0, 0.1) is 0 Å². The molecule has 0 aliphatic carbocycles. The molecule has 138 valence electrons. The lowest BCUT2D eigenvalue weighted by Gasteiger charge is -1.89. The molecule has 0 bridgehead atoms. The van der Waals surface area contributed by atoms with Gasteiger partial charge in [0, 0.05) is 0 Å². The minimum absolute atomic E-state index is 0.167. The van der Waals surface area contributed by atoms with E-state index in [4.69, 9.17) is 4.55 Å². The SMILES string of the molecule is CC.CC(C)=O.CCc1ccccc1.CON.COS(=O)(=O)O. The topological polar surface area (TPSA) is 116 Å². The van der Waals surface area contributed by atoms with Gasteiger partial charge >= 0.3 is 10.4 Å². The zero-order valence-corrected chi connectivity index (χ0v) is 15.9. The maximum Gasteiger partial charge on any atom is 0.397 e. The van der Waals surface area contributed by atoms with Gasteiger partial charge in [-0.05, 0) is 25.8 Å². The van der Waals surface area contributed by atoms with E-state index < -0.39 is 10.4 Å². The minimum Gasteiger partial charge on any atom is -0.308 e. The fourth-order valence-electron chi connectivity index (χ4n) is 0.714. The first-order valence-corrected chi connectivity index (χ1v) is 8.28. The fraction of sp³-hybridized carbons (Fsp3) is 0.533. The molecule has 7 nitrogen and oxygen atoms in total. The second-order valence-corrected chi connectivity index (χ2v) is 4.77. The van der Waals surface area contributed by atoms with Crippen molar-refractivity contribution < 1.29 is 26.8 Å². The highest BCUT2D eigenvalue weighted by atomic mass is 32.3. The standard InChI is InChI=1S/C8H10.C3H6O.C2H6.CH5NO.CH4O4S/c1-2-8-6-4-3-5-7-8;1-3(2)4;1-2;1-3-2;1-5-6(2,3)4/h3-7H,2H2,1H3;1-2H3;1-2H3;2H2,1H3;1H3,(H,2,3,4). The van der Waals surface area contributed by atoms with Gasteiger partial charge in [0.1, 0.15) is 5.78 Å². The van der Waals surface area contributed by atoms with E-state index in [2.05, 4.69) is 46.1 Å². The van der Waals surface area contributed by atoms with Crippen LogP contribution in [0.15, 0.2) is 30.3 Å². The van der Waals surface area contributed by atoms with Gasteiger partial charge in [-0.1, -0.05) is 51.1 Å². The van der Waals surface area contributed by atoms with Gasteiger partial charge in [-0.25, -0.2) is 5.90 Å². The summed E-state index contributed by atoms with van der Waals surface area (Å²) in [5, 5.41) is 0. The average Bonchev–Trinajstić information content (AvgIpc) is 2.50. The van der Waals surface area contributed by atoms with Crippen molar-refractivity contribution in [1.82, 2.24) is 0 Å². The molecule has 0 heterocycles. The quantitative estimate of drug-likeness (QED) is 0.620. The van der Waals surface area contributed by atoms with Gasteiger partial charge in [0.25, 0.3) is 0 Å². The molecule has 1 rings (SSSR count). The smallest absolute Gasteiger partial charge is 0.308 e. The van der Waals surface area contributed by atoms with Gasteiger partial charge in [0.2, 0.25) is 0 Å². The number of Topliss-reactive ketones (excluding diaryl/α,β-unsaturated/α-hetero) is 1. The Morgan fingerprint density at radius 1 is 1.13 bits per heavy atom. The van der Waals surface area contributed by atoms with Crippen LogP contribution in [-0.2, 0) is 30.6 Å². The lowest BCUT2D eigenvalue weighted by atomic mass is 10.2. The third kappa shape index (κ3) is 52.9. The van der Waals surface area contributed by atoms with Crippen molar-refractivity contribution in [2.45, 2.75) is 41.0 Å². The van der Waals surface area contributed by atoms with Gasteiger partial charge in [-0.2, -0.15) is 8.42 Å². The molecular formula is C15H31NO6S. The van der Waals surface area contributed by atoms with Gasteiger partial charge in [-0.15, -0.1) is 0 Å². The predicted molar refractivity (Wildman–Crippen MR) is 93.3 cm³/mol. The number of ketones is 1. The van der Waals surface area contributed by atoms with Crippen molar-refractivity contribution >= 4 is 16.2 Å². The highest BCUT2D eigenvalue weighted by Crippen LogP contribution is 1.96. The molecular weight excluding hydrogens is 322 g/mol. The molecule has 8 heteroatoms. The number of carbonyl (C=O) groups excluding carboxylic acids is 1. The first kappa shape index (κ1) is 29.7. The predicted octanol–water partition coefficient (Wildman–Crippen LogP) is 2.81. The third-order valence-corrected chi connectivity index (χ3v) is 1.88.